The second-order valence-corrected chi connectivity index (χ2v) is 4.39. The summed E-state index contributed by atoms with van der Waals surface area (Å²) in [5.41, 5.74) is 1.04. The standard InChI is InChI=1S/C10H11Cl2N3O/c1-2-3-4-15-5-6-7(9(15)16)13-10(12)14-8(6)11/h2-5H2,1H3. The zero-order valence-electron chi connectivity index (χ0n) is 8.83. The second kappa shape index (κ2) is 4.55. The number of amides is 1. The Labute approximate surface area is 104 Å². The lowest BCUT2D eigenvalue weighted by atomic mass is 10.3. The van der Waals surface area contributed by atoms with Crippen LogP contribution in [0.25, 0.3) is 0 Å². The van der Waals surface area contributed by atoms with E-state index >= 15 is 0 Å². The van der Waals surface area contributed by atoms with Crippen molar-refractivity contribution in [3.8, 4) is 0 Å². The highest BCUT2D eigenvalue weighted by atomic mass is 35.5. The molecule has 0 aromatic carbocycles. The van der Waals surface area contributed by atoms with Crippen LogP contribution in [0, 0.1) is 0 Å². The largest absolute Gasteiger partial charge is 0.333 e. The molecule has 0 bridgehead atoms. The predicted octanol–water partition coefficient (Wildman–Crippen LogP) is 2.54. The highest BCUT2D eigenvalue weighted by molar-refractivity contribution is 6.33. The normalized spacial score (nSPS) is 14.4. The van der Waals surface area contributed by atoms with Crippen LogP contribution < -0.4 is 0 Å². The fraction of sp³-hybridized carbons (Fsp3) is 0.500. The summed E-state index contributed by atoms with van der Waals surface area (Å²) in [7, 11) is 0. The number of carbonyl (C=O) groups excluding carboxylic acids is 1. The fourth-order valence-electron chi connectivity index (χ4n) is 1.69. The van der Waals surface area contributed by atoms with Crippen molar-refractivity contribution in [3.05, 3.63) is 21.7 Å². The van der Waals surface area contributed by atoms with Crippen LogP contribution in [0.5, 0.6) is 0 Å². The van der Waals surface area contributed by atoms with Gasteiger partial charge in [0, 0.05) is 12.1 Å². The van der Waals surface area contributed by atoms with Crippen molar-refractivity contribution < 1.29 is 4.79 Å². The SMILES string of the molecule is CCCCN1Cc2c(Cl)nc(Cl)nc2C1=O. The number of hydrogen-bond acceptors (Lipinski definition) is 3. The number of rotatable bonds is 3. The molecule has 16 heavy (non-hydrogen) atoms. The Morgan fingerprint density at radius 3 is 2.81 bits per heavy atom. The molecule has 0 unspecified atom stereocenters. The van der Waals surface area contributed by atoms with E-state index in [1.54, 1.807) is 4.90 Å². The third-order valence-corrected chi connectivity index (χ3v) is 3.03. The molecule has 0 spiro atoms. The Morgan fingerprint density at radius 1 is 1.38 bits per heavy atom. The highest BCUT2D eigenvalue weighted by Crippen LogP contribution is 2.27. The van der Waals surface area contributed by atoms with Crippen molar-refractivity contribution in [1.29, 1.82) is 0 Å². The summed E-state index contributed by atoms with van der Waals surface area (Å²) in [5.74, 6) is -0.102. The van der Waals surface area contributed by atoms with Crippen LogP contribution in [0.2, 0.25) is 10.4 Å². The van der Waals surface area contributed by atoms with E-state index in [0.29, 0.717) is 17.8 Å². The average Bonchev–Trinajstić information content (AvgIpc) is 2.54. The maximum Gasteiger partial charge on any atom is 0.273 e. The van der Waals surface area contributed by atoms with Gasteiger partial charge in [-0.25, -0.2) is 9.97 Å². The predicted molar refractivity (Wildman–Crippen MR) is 61.7 cm³/mol. The Hall–Kier alpha value is -0.870. The summed E-state index contributed by atoms with van der Waals surface area (Å²) >= 11 is 11.6. The van der Waals surface area contributed by atoms with Crippen LogP contribution in [-0.2, 0) is 6.54 Å². The summed E-state index contributed by atoms with van der Waals surface area (Å²) < 4.78 is 0. The highest BCUT2D eigenvalue weighted by Gasteiger charge is 2.31. The van der Waals surface area contributed by atoms with Crippen molar-refractivity contribution in [2.24, 2.45) is 0 Å². The zero-order valence-corrected chi connectivity index (χ0v) is 10.3. The van der Waals surface area contributed by atoms with Gasteiger partial charge >= 0.3 is 0 Å². The lowest BCUT2D eigenvalue weighted by molar-refractivity contribution is 0.0772. The molecule has 0 aliphatic carbocycles. The summed E-state index contributed by atoms with van der Waals surface area (Å²) in [5, 5.41) is 0.303. The van der Waals surface area contributed by atoms with Crippen molar-refractivity contribution in [2.75, 3.05) is 6.54 Å². The quantitative estimate of drug-likeness (QED) is 0.619. The van der Waals surface area contributed by atoms with Gasteiger partial charge in [0.05, 0.1) is 6.54 Å². The molecular formula is C10H11Cl2N3O. The Kier molecular flexibility index (Phi) is 3.30. The van der Waals surface area contributed by atoms with E-state index < -0.39 is 0 Å². The van der Waals surface area contributed by atoms with Gasteiger partial charge in [-0.05, 0) is 18.0 Å². The number of unbranched alkanes of at least 4 members (excludes halogenated alkanes) is 1. The Bertz CT molecular complexity index is 436. The van der Waals surface area contributed by atoms with Crippen LogP contribution >= 0.6 is 23.2 Å². The Morgan fingerprint density at radius 2 is 2.12 bits per heavy atom. The molecule has 1 aromatic heterocycles. The van der Waals surface area contributed by atoms with Gasteiger partial charge in [-0.2, -0.15) is 0 Å². The minimum absolute atomic E-state index is 0.0226. The van der Waals surface area contributed by atoms with E-state index in [1.165, 1.54) is 0 Å². The lowest BCUT2D eigenvalue weighted by Gasteiger charge is -2.13. The number of carbonyl (C=O) groups is 1. The smallest absolute Gasteiger partial charge is 0.273 e. The van der Waals surface area contributed by atoms with Gasteiger partial charge in [-0.1, -0.05) is 24.9 Å². The van der Waals surface area contributed by atoms with E-state index in [4.69, 9.17) is 23.2 Å². The Balaban J connectivity index is 2.28. The number of hydrogen-bond donors (Lipinski definition) is 0. The molecule has 0 fully saturated rings. The van der Waals surface area contributed by atoms with Crippen LogP contribution in [0.4, 0.5) is 0 Å². The third-order valence-electron chi connectivity index (χ3n) is 2.55. The molecule has 0 saturated heterocycles. The second-order valence-electron chi connectivity index (χ2n) is 3.69. The fourth-order valence-corrected chi connectivity index (χ4v) is 2.13. The number of nitrogens with zero attached hydrogens (tertiary/aromatic N) is 3. The van der Waals surface area contributed by atoms with Crippen LogP contribution in [0.15, 0.2) is 0 Å². The van der Waals surface area contributed by atoms with Gasteiger partial charge in [-0.15, -0.1) is 0 Å². The first-order valence-electron chi connectivity index (χ1n) is 5.14. The number of halogens is 2. The maximum absolute atomic E-state index is 11.9. The molecule has 86 valence electrons. The van der Waals surface area contributed by atoms with Gasteiger partial charge < -0.3 is 4.90 Å². The van der Waals surface area contributed by atoms with Crippen LogP contribution in [0.3, 0.4) is 0 Å². The molecule has 6 heteroatoms. The summed E-state index contributed by atoms with van der Waals surface area (Å²) in [6, 6.07) is 0. The van der Waals surface area contributed by atoms with E-state index in [0.717, 1.165) is 19.4 Å². The van der Waals surface area contributed by atoms with Gasteiger partial charge in [0.25, 0.3) is 5.91 Å². The number of fused-ring (bicyclic) bond motifs is 1. The van der Waals surface area contributed by atoms with Gasteiger partial charge in [-0.3, -0.25) is 4.79 Å². The summed E-state index contributed by atoms with van der Waals surface area (Å²) in [4.78, 5) is 21.4. The van der Waals surface area contributed by atoms with Crippen molar-refractivity contribution in [3.63, 3.8) is 0 Å². The van der Waals surface area contributed by atoms with Crippen molar-refractivity contribution >= 4 is 29.1 Å². The first-order chi connectivity index (χ1) is 7.63. The summed E-state index contributed by atoms with van der Waals surface area (Å²) in [6.45, 7) is 3.29. The molecule has 1 amide bonds. The van der Waals surface area contributed by atoms with Gasteiger partial charge in [0.1, 0.15) is 10.8 Å². The number of aromatic nitrogens is 2. The molecule has 2 heterocycles. The maximum atomic E-state index is 11.9. The van der Waals surface area contributed by atoms with E-state index in [-0.39, 0.29) is 16.3 Å². The molecule has 1 aliphatic rings. The van der Waals surface area contributed by atoms with Gasteiger partial charge in [0.2, 0.25) is 5.28 Å². The molecule has 1 aliphatic heterocycles. The van der Waals surface area contributed by atoms with Gasteiger partial charge in [0.15, 0.2) is 0 Å². The zero-order chi connectivity index (χ0) is 11.7. The monoisotopic (exact) mass is 259 g/mol. The molecular weight excluding hydrogens is 249 g/mol. The first-order valence-corrected chi connectivity index (χ1v) is 5.90. The lowest BCUT2D eigenvalue weighted by Crippen LogP contribution is -2.25. The van der Waals surface area contributed by atoms with Crippen LogP contribution in [0.1, 0.15) is 35.8 Å². The molecule has 0 saturated carbocycles. The average molecular weight is 260 g/mol. The van der Waals surface area contributed by atoms with E-state index in [9.17, 15) is 4.79 Å². The van der Waals surface area contributed by atoms with Crippen molar-refractivity contribution in [1.82, 2.24) is 14.9 Å². The van der Waals surface area contributed by atoms with Crippen molar-refractivity contribution in [2.45, 2.75) is 26.3 Å². The minimum Gasteiger partial charge on any atom is -0.333 e. The summed E-state index contributed by atoms with van der Waals surface area (Å²) in [6.07, 6.45) is 2.01. The molecule has 0 atom stereocenters. The molecule has 0 N–H and O–H groups in total. The van der Waals surface area contributed by atoms with E-state index in [1.807, 2.05) is 0 Å². The molecule has 0 radical (unpaired) electrons. The molecule has 4 nitrogen and oxygen atoms in total. The third kappa shape index (κ3) is 1.99. The topological polar surface area (TPSA) is 46.1 Å². The van der Waals surface area contributed by atoms with Crippen LogP contribution in [-0.4, -0.2) is 27.3 Å². The molecule has 1 aromatic rings. The minimum atomic E-state index is -0.102. The van der Waals surface area contributed by atoms with E-state index in [2.05, 4.69) is 16.9 Å². The first kappa shape index (κ1) is 11.6. The molecule has 2 rings (SSSR count).